The predicted octanol–water partition coefficient (Wildman–Crippen LogP) is 0.00530. The van der Waals surface area contributed by atoms with Crippen LogP contribution in [0.15, 0.2) is 0 Å². The van der Waals surface area contributed by atoms with Gasteiger partial charge in [-0.1, -0.05) is 0 Å². The van der Waals surface area contributed by atoms with Crippen LogP contribution < -0.4 is 5.73 Å². The normalized spacial score (nSPS) is 18.9. The summed E-state index contributed by atoms with van der Waals surface area (Å²) in [6.45, 7) is 3.27. The van der Waals surface area contributed by atoms with Gasteiger partial charge < -0.3 is 10.6 Å². The van der Waals surface area contributed by atoms with Crippen LogP contribution >= 0.6 is 0 Å². The second-order valence-corrected chi connectivity index (χ2v) is 7.90. The molecule has 0 aromatic rings. The molecular weight excluding hydrogens is 240 g/mol. The summed E-state index contributed by atoms with van der Waals surface area (Å²) in [6, 6.07) is -0.0384. The number of hydrogen-bond donors (Lipinski definition) is 1. The number of nitrogens with two attached hydrogens (primary N) is 1. The molecule has 0 spiro atoms. The van der Waals surface area contributed by atoms with Crippen LogP contribution in [0.5, 0.6) is 0 Å². The predicted molar refractivity (Wildman–Crippen MR) is 67.3 cm³/mol. The summed E-state index contributed by atoms with van der Waals surface area (Å²) in [6.07, 6.45) is 3.23. The fourth-order valence-electron chi connectivity index (χ4n) is 1.88. The van der Waals surface area contributed by atoms with Crippen LogP contribution in [0.2, 0.25) is 0 Å². The number of sulfone groups is 1. The second kappa shape index (κ2) is 4.57. The van der Waals surface area contributed by atoms with Gasteiger partial charge in [-0.25, -0.2) is 8.42 Å². The topological polar surface area (TPSA) is 80.5 Å². The van der Waals surface area contributed by atoms with Crippen LogP contribution in [0, 0.1) is 5.92 Å². The van der Waals surface area contributed by atoms with Crippen LogP contribution in [0.4, 0.5) is 0 Å². The van der Waals surface area contributed by atoms with Gasteiger partial charge in [-0.05, 0) is 32.6 Å². The van der Waals surface area contributed by atoms with Gasteiger partial charge in [0.2, 0.25) is 5.91 Å². The smallest absolute Gasteiger partial charge is 0.243 e. The van der Waals surface area contributed by atoms with Gasteiger partial charge in [0.15, 0.2) is 9.84 Å². The molecule has 1 unspecified atom stereocenters. The molecule has 5 nitrogen and oxygen atoms in total. The fourth-order valence-corrected chi connectivity index (χ4v) is 2.34. The highest BCUT2D eigenvalue weighted by atomic mass is 32.2. The molecule has 0 aromatic heterocycles. The van der Waals surface area contributed by atoms with E-state index in [4.69, 9.17) is 5.73 Å². The average molecular weight is 262 g/mol. The Labute approximate surface area is 103 Å². The maximum Gasteiger partial charge on any atom is 0.243 e. The SMILES string of the molecule is CN(C(=O)C(C)(C)S(C)(=O)=O)C(CN)C1CC1. The minimum Gasteiger partial charge on any atom is -0.340 e. The van der Waals surface area contributed by atoms with E-state index in [-0.39, 0.29) is 11.9 Å². The zero-order valence-electron chi connectivity index (χ0n) is 10.9. The van der Waals surface area contributed by atoms with Gasteiger partial charge in [0.1, 0.15) is 4.75 Å². The Morgan fingerprint density at radius 3 is 2.24 bits per heavy atom. The van der Waals surface area contributed by atoms with Crippen molar-refractivity contribution in [1.82, 2.24) is 4.90 Å². The van der Waals surface area contributed by atoms with Gasteiger partial charge in [0.05, 0.1) is 0 Å². The highest BCUT2D eigenvalue weighted by molar-refractivity contribution is 7.92. The van der Waals surface area contributed by atoms with E-state index < -0.39 is 14.6 Å². The zero-order chi connectivity index (χ0) is 13.4. The Morgan fingerprint density at radius 2 is 1.94 bits per heavy atom. The Kier molecular flexibility index (Phi) is 3.88. The lowest BCUT2D eigenvalue weighted by atomic mass is 10.1. The first-order valence-corrected chi connectivity index (χ1v) is 7.69. The standard InChI is InChI=1S/C11H22N2O3S/c1-11(2,17(4,15)16)10(14)13(3)9(7-12)8-5-6-8/h8-9H,5-7,12H2,1-4H3. The maximum absolute atomic E-state index is 12.2. The van der Waals surface area contributed by atoms with Gasteiger partial charge >= 0.3 is 0 Å². The summed E-state index contributed by atoms with van der Waals surface area (Å²) in [4.78, 5) is 13.7. The third-order valence-electron chi connectivity index (χ3n) is 3.67. The lowest BCUT2D eigenvalue weighted by Gasteiger charge is -2.33. The van der Waals surface area contributed by atoms with E-state index >= 15 is 0 Å². The molecule has 100 valence electrons. The Bertz CT molecular complexity index is 399. The molecular formula is C11H22N2O3S. The van der Waals surface area contributed by atoms with E-state index in [2.05, 4.69) is 0 Å². The average Bonchev–Trinajstić information content (AvgIpc) is 2.99. The van der Waals surface area contributed by atoms with Crippen LogP contribution in [-0.4, -0.2) is 49.9 Å². The second-order valence-electron chi connectivity index (χ2n) is 5.34. The number of hydrogen-bond acceptors (Lipinski definition) is 4. The first-order valence-electron chi connectivity index (χ1n) is 5.80. The summed E-state index contributed by atoms with van der Waals surface area (Å²) in [7, 11) is -1.78. The summed E-state index contributed by atoms with van der Waals surface area (Å²) in [5.74, 6) is 0.0617. The highest BCUT2D eigenvalue weighted by Crippen LogP contribution is 2.35. The number of carbonyl (C=O) groups excluding carboxylic acids is 1. The zero-order valence-corrected chi connectivity index (χ0v) is 11.8. The van der Waals surface area contributed by atoms with Crippen LogP contribution in [0.3, 0.4) is 0 Å². The molecule has 1 atom stereocenters. The lowest BCUT2D eigenvalue weighted by molar-refractivity contribution is -0.134. The monoisotopic (exact) mass is 262 g/mol. The van der Waals surface area contributed by atoms with Gasteiger partial charge in [-0.3, -0.25) is 4.79 Å². The van der Waals surface area contributed by atoms with Gasteiger partial charge in [-0.2, -0.15) is 0 Å². The molecule has 6 heteroatoms. The minimum absolute atomic E-state index is 0.0384. The molecule has 1 fully saturated rings. The molecule has 0 radical (unpaired) electrons. The van der Waals surface area contributed by atoms with Crippen molar-refractivity contribution in [3.05, 3.63) is 0 Å². The maximum atomic E-state index is 12.2. The quantitative estimate of drug-likeness (QED) is 0.756. The minimum atomic E-state index is -3.43. The van der Waals surface area contributed by atoms with E-state index in [1.54, 1.807) is 7.05 Å². The third kappa shape index (κ3) is 2.80. The third-order valence-corrected chi connectivity index (χ3v) is 5.70. The fraction of sp³-hybridized carbons (Fsp3) is 0.909. The van der Waals surface area contributed by atoms with E-state index in [9.17, 15) is 13.2 Å². The molecule has 2 N–H and O–H groups in total. The summed E-state index contributed by atoms with van der Waals surface area (Å²) < 4.78 is 21.8. The van der Waals surface area contributed by atoms with Crippen molar-refractivity contribution in [3.63, 3.8) is 0 Å². The Balaban J connectivity index is 2.88. The number of amides is 1. The summed E-state index contributed by atoms with van der Waals surface area (Å²) >= 11 is 0. The van der Waals surface area contributed by atoms with Crippen LogP contribution in [-0.2, 0) is 14.6 Å². The van der Waals surface area contributed by atoms with Crippen LogP contribution in [0.25, 0.3) is 0 Å². The molecule has 0 aromatic carbocycles. The molecule has 17 heavy (non-hydrogen) atoms. The van der Waals surface area contributed by atoms with Crippen molar-refractivity contribution < 1.29 is 13.2 Å². The van der Waals surface area contributed by atoms with Gasteiger partial charge in [-0.15, -0.1) is 0 Å². The van der Waals surface area contributed by atoms with E-state index in [1.807, 2.05) is 0 Å². The van der Waals surface area contributed by atoms with Crippen molar-refractivity contribution in [2.24, 2.45) is 11.7 Å². The van der Waals surface area contributed by atoms with Gasteiger partial charge in [0, 0.05) is 25.9 Å². The lowest BCUT2D eigenvalue weighted by Crippen LogP contribution is -2.53. The van der Waals surface area contributed by atoms with Crippen molar-refractivity contribution in [2.75, 3.05) is 19.8 Å². The first kappa shape index (κ1) is 14.4. The molecule has 1 rings (SSSR count). The number of rotatable bonds is 5. The number of nitrogens with zero attached hydrogens (tertiary/aromatic N) is 1. The van der Waals surface area contributed by atoms with E-state index in [1.165, 1.54) is 18.7 Å². The molecule has 0 aliphatic heterocycles. The van der Waals surface area contributed by atoms with E-state index in [0.29, 0.717) is 12.5 Å². The van der Waals surface area contributed by atoms with Crippen molar-refractivity contribution in [1.29, 1.82) is 0 Å². The van der Waals surface area contributed by atoms with Gasteiger partial charge in [0.25, 0.3) is 0 Å². The van der Waals surface area contributed by atoms with E-state index in [0.717, 1.165) is 19.1 Å². The molecule has 1 saturated carbocycles. The molecule has 1 aliphatic rings. The van der Waals surface area contributed by atoms with Crippen molar-refractivity contribution in [3.8, 4) is 0 Å². The highest BCUT2D eigenvalue weighted by Gasteiger charge is 2.44. The van der Waals surface area contributed by atoms with Crippen molar-refractivity contribution >= 4 is 15.7 Å². The Morgan fingerprint density at radius 1 is 1.47 bits per heavy atom. The Hall–Kier alpha value is -0.620. The van der Waals surface area contributed by atoms with Crippen molar-refractivity contribution in [2.45, 2.75) is 37.5 Å². The largest absolute Gasteiger partial charge is 0.340 e. The summed E-state index contributed by atoms with van der Waals surface area (Å²) in [5.41, 5.74) is 5.66. The molecule has 1 aliphatic carbocycles. The number of carbonyl (C=O) groups is 1. The summed E-state index contributed by atoms with van der Waals surface area (Å²) in [5, 5.41) is 0. The molecule has 1 amide bonds. The van der Waals surface area contributed by atoms with Crippen LogP contribution in [0.1, 0.15) is 26.7 Å². The molecule has 0 bridgehead atoms. The molecule has 0 saturated heterocycles. The molecule has 0 heterocycles. The number of likely N-dealkylation sites (N-methyl/N-ethyl adjacent to an activating group) is 1. The first-order chi connectivity index (χ1) is 7.63.